The molecule has 7 nitrogen and oxygen atoms in total. The van der Waals surface area contributed by atoms with Crippen molar-refractivity contribution in [3.8, 4) is 5.75 Å². The molecule has 1 fully saturated rings. The number of rotatable bonds is 6. The summed E-state index contributed by atoms with van der Waals surface area (Å²) in [6, 6.07) is 12.1. The Balaban J connectivity index is 1.65. The van der Waals surface area contributed by atoms with Gasteiger partial charge in [-0.05, 0) is 35.2 Å². The van der Waals surface area contributed by atoms with Gasteiger partial charge in [0.05, 0.1) is 25.2 Å². The van der Waals surface area contributed by atoms with Crippen LogP contribution < -0.4 is 15.0 Å². The molecular weight excluding hydrogens is 386 g/mol. The SMILES string of the molecule is COc1ccc(CN=C(NCC(=O)N(C)C)N2CCN(c3cccs3)CC2)cc1. The number of hydrogen-bond donors (Lipinski definition) is 1. The molecule has 0 spiro atoms. The largest absolute Gasteiger partial charge is 0.497 e. The summed E-state index contributed by atoms with van der Waals surface area (Å²) in [5.41, 5.74) is 1.10. The van der Waals surface area contributed by atoms with Crippen molar-refractivity contribution in [3.05, 3.63) is 47.3 Å². The molecule has 0 atom stereocenters. The normalized spacial score (nSPS) is 14.7. The highest BCUT2D eigenvalue weighted by molar-refractivity contribution is 7.14. The average molecular weight is 416 g/mol. The molecule has 1 amide bonds. The highest BCUT2D eigenvalue weighted by atomic mass is 32.1. The molecule has 0 bridgehead atoms. The van der Waals surface area contributed by atoms with E-state index in [0.717, 1.165) is 43.5 Å². The van der Waals surface area contributed by atoms with Gasteiger partial charge in [0.2, 0.25) is 5.91 Å². The summed E-state index contributed by atoms with van der Waals surface area (Å²) in [6.45, 7) is 4.38. The van der Waals surface area contributed by atoms with E-state index in [9.17, 15) is 4.79 Å². The van der Waals surface area contributed by atoms with E-state index in [1.54, 1.807) is 37.4 Å². The van der Waals surface area contributed by atoms with Crippen LogP contribution in [0.25, 0.3) is 0 Å². The van der Waals surface area contributed by atoms with Crippen molar-refractivity contribution >= 4 is 28.2 Å². The molecule has 0 saturated carbocycles. The number of anilines is 1. The Bertz CT molecular complexity index is 797. The number of piperazine rings is 1. The maximum Gasteiger partial charge on any atom is 0.241 e. The molecule has 0 unspecified atom stereocenters. The summed E-state index contributed by atoms with van der Waals surface area (Å²) < 4.78 is 5.22. The zero-order chi connectivity index (χ0) is 20.6. The highest BCUT2D eigenvalue weighted by Gasteiger charge is 2.21. The van der Waals surface area contributed by atoms with Gasteiger partial charge in [0.25, 0.3) is 0 Å². The summed E-state index contributed by atoms with van der Waals surface area (Å²) in [5.74, 6) is 1.64. The van der Waals surface area contributed by atoms with Crippen LogP contribution in [0.15, 0.2) is 46.8 Å². The van der Waals surface area contributed by atoms with Crippen molar-refractivity contribution in [2.24, 2.45) is 4.99 Å². The predicted octanol–water partition coefficient (Wildman–Crippen LogP) is 2.11. The molecule has 1 aliphatic rings. The minimum absolute atomic E-state index is 0.0272. The molecule has 1 N–H and O–H groups in total. The topological polar surface area (TPSA) is 60.4 Å². The first-order chi connectivity index (χ1) is 14.1. The van der Waals surface area contributed by atoms with Crippen LogP contribution in [0, 0.1) is 0 Å². The second-order valence-electron chi connectivity index (χ2n) is 7.06. The standard InChI is InChI=1S/C21H29N5O2S/c1-24(2)19(27)16-23-21(22-15-17-6-8-18(28-3)9-7-17)26-12-10-25(11-13-26)20-5-4-14-29-20/h4-9,14H,10-13,15-16H2,1-3H3,(H,22,23). The molecule has 3 rings (SSSR count). The van der Waals surface area contributed by atoms with Crippen LogP contribution in [0.4, 0.5) is 5.00 Å². The summed E-state index contributed by atoms with van der Waals surface area (Å²) >= 11 is 1.77. The Morgan fingerprint density at radius 2 is 1.90 bits per heavy atom. The van der Waals surface area contributed by atoms with E-state index in [1.807, 2.05) is 24.3 Å². The number of carbonyl (C=O) groups is 1. The van der Waals surface area contributed by atoms with Crippen molar-refractivity contribution in [1.82, 2.24) is 15.1 Å². The lowest BCUT2D eigenvalue weighted by molar-refractivity contribution is -0.127. The van der Waals surface area contributed by atoms with Crippen LogP contribution in [-0.2, 0) is 11.3 Å². The van der Waals surface area contributed by atoms with E-state index in [0.29, 0.717) is 6.54 Å². The molecule has 2 heterocycles. The number of benzene rings is 1. The number of ether oxygens (including phenoxy) is 1. The number of nitrogens with one attached hydrogen (secondary N) is 1. The lowest BCUT2D eigenvalue weighted by Gasteiger charge is -2.37. The van der Waals surface area contributed by atoms with E-state index >= 15 is 0 Å². The fourth-order valence-corrected chi connectivity index (χ4v) is 3.85. The molecule has 1 saturated heterocycles. The van der Waals surface area contributed by atoms with Crippen molar-refractivity contribution < 1.29 is 9.53 Å². The van der Waals surface area contributed by atoms with Crippen molar-refractivity contribution in [3.63, 3.8) is 0 Å². The molecular formula is C21H29N5O2S. The molecule has 8 heteroatoms. The first kappa shape index (κ1) is 21.0. The van der Waals surface area contributed by atoms with Crippen LogP contribution in [0.1, 0.15) is 5.56 Å². The first-order valence-corrected chi connectivity index (χ1v) is 10.6. The zero-order valence-corrected chi connectivity index (χ0v) is 18.1. The van der Waals surface area contributed by atoms with E-state index in [1.165, 1.54) is 5.00 Å². The molecule has 0 aliphatic carbocycles. The third-order valence-electron chi connectivity index (χ3n) is 4.86. The van der Waals surface area contributed by atoms with Crippen molar-refractivity contribution in [2.75, 3.05) is 58.8 Å². The second kappa shape index (κ2) is 10.2. The maximum absolute atomic E-state index is 12.1. The lowest BCUT2D eigenvalue weighted by Crippen LogP contribution is -2.53. The molecule has 2 aromatic rings. The van der Waals surface area contributed by atoms with Gasteiger partial charge >= 0.3 is 0 Å². The number of methoxy groups -OCH3 is 1. The first-order valence-electron chi connectivity index (χ1n) is 9.71. The molecule has 0 radical (unpaired) electrons. The van der Waals surface area contributed by atoms with Gasteiger partial charge in [-0.3, -0.25) is 4.79 Å². The van der Waals surface area contributed by atoms with Gasteiger partial charge in [-0.25, -0.2) is 4.99 Å². The number of thiophene rings is 1. The number of guanidine groups is 1. The van der Waals surface area contributed by atoms with Crippen LogP contribution in [-0.4, -0.2) is 75.6 Å². The van der Waals surface area contributed by atoms with Crippen LogP contribution >= 0.6 is 11.3 Å². The van der Waals surface area contributed by atoms with Gasteiger partial charge in [-0.15, -0.1) is 11.3 Å². The summed E-state index contributed by atoms with van der Waals surface area (Å²) in [5, 5.41) is 6.67. The highest BCUT2D eigenvalue weighted by Crippen LogP contribution is 2.22. The van der Waals surface area contributed by atoms with Gasteiger partial charge in [0.1, 0.15) is 5.75 Å². The Kier molecular flexibility index (Phi) is 7.35. The molecule has 1 aromatic carbocycles. The Labute approximate surface area is 176 Å². The fourth-order valence-electron chi connectivity index (χ4n) is 3.07. The van der Waals surface area contributed by atoms with Gasteiger partial charge in [-0.2, -0.15) is 0 Å². The minimum atomic E-state index is 0.0272. The molecule has 156 valence electrons. The smallest absolute Gasteiger partial charge is 0.241 e. The third kappa shape index (κ3) is 5.87. The van der Waals surface area contributed by atoms with E-state index < -0.39 is 0 Å². The zero-order valence-electron chi connectivity index (χ0n) is 17.3. The van der Waals surface area contributed by atoms with E-state index in [-0.39, 0.29) is 12.5 Å². The summed E-state index contributed by atoms with van der Waals surface area (Å²) in [6.07, 6.45) is 0. The van der Waals surface area contributed by atoms with Gasteiger partial charge in [0, 0.05) is 40.3 Å². The molecule has 1 aliphatic heterocycles. The van der Waals surface area contributed by atoms with Gasteiger partial charge < -0.3 is 24.8 Å². The van der Waals surface area contributed by atoms with Crippen LogP contribution in [0.2, 0.25) is 0 Å². The monoisotopic (exact) mass is 415 g/mol. The number of carbonyl (C=O) groups excluding carboxylic acids is 1. The minimum Gasteiger partial charge on any atom is -0.497 e. The summed E-state index contributed by atoms with van der Waals surface area (Å²) in [7, 11) is 5.18. The number of likely N-dealkylation sites (N-methyl/N-ethyl adjacent to an activating group) is 1. The quantitative estimate of drug-likeness (QED) is 0.578. The third-order valence-corrected chi connectivity index (χ3v) is 5.79. The average Bonchev–Trinajstić information content (AvgIpc) is 3.29. The van der Waals surface area contributed by atoms with Crippen LogP contribution in [0.3, 0.4) is 0 Å². The van der Waals surface area contributed by atoms with Crippen molar-refractivity contribution in [1.29, 1.82) is 0 Å². The number of nitrogens with zero attached hydrogens (tertiary/aromatic N) is 4. The second-order valence-corrected chi connectivity index (χ2v) is 7.98. The van der Waals surface area contributed by atoms with Gasteiger partial charge in [0.15, 0.2) is 5.96 Å². The number of hydrogen-bond acceptors (Lipinski definition) is 5. The maximum atomic E-state index is 12.1. The molecule has 29 heavy (non-hydrogen) atoms. The fraction of sp³-hybridized carbons (Fsp3) is 0.429. The summed E-state index contributed by atoms with van der Waals surface area (Å²) in [4.78, 5) is 23.1. The van der Waals surface area contributed by atoms with Crippen LogP contribution in [0.5, 0.6) is 5.75 Å². The predicted molar refractivity (Wildman–Crippen MR) is 119 cm³/mol. The van der Waals surface area contributed by atoms with Crippen molar-refractivity contribution in [2.45, 2.75) is 6.54 Å². The van der Waals surface area contributed by atoms with E-state index in [2.05, 4.69) is 32.6 Å². The number of amides is 1. The Morgan fingerprint density at radius 1 is 1.17 bits per heavy atom. The van der Waals surface area contributed by atoms with Gasteiger partial charge in [-0.1, -0.05) is 12.1 Å². The Hall–Kier alpha value is -2.74. The number of aliphatic imine (C=N–C) groups is 1. The lowest BCUT2D eigenvalue weighted by atomic mass is 10.2. The van der Waals surface area contributed by atoms with E-state index in [4.69, 9.17) is 9.73 Å². The Morgan fingerprint density at radius 3 is 2.48 bits per heavy atom. The molecule has 1 aromatic heterocycles.